The van der Waals surface area contributed by atoms with Crippen molar-refractivity contribution in [1.82, 2.24) is 14.7 Å². The van der Waals surface area contributed by atoms with Crippen LogP contribution >= 0.6 is 0 Å². The summed E-state index contributed by atoms with van der Waals surface area (Å²) in [5, 5.41) is 4.80. The van der Waals surface area contributed by atoms with E-state index < -0.39 is 10.0 Å². The Morgan fingerprint density at radius 2 is 1.60 bits per heavy atom. The molecule has 0 aliphatic heterocycles. The van der Waals surface area contributed by atoms with Crippen molar-refractivity contribution in [3.8, 4) is 16.9 Å². The highest BCUT2D eigenvalue weighted by molar-refractivity contribution is 7.92. The van der Waals surface area contributed by atoms with Gasteiger partial charge >= 0.3 is 0 Å². The number of aromatic nitrogens is 2. The first-order chi connectivity index (χ1) is 16.8. The first kappa shape index (κ1) is 24.0. The molecule has 35 heavy (non-hydrogen) atoms. The number of para-hydroxylation sites is 1. The fraction of sp³-hybridized carbons (Fsp3) is 0.111. The highest BCUT2D eigenvalue weighted by atomic mass is 32.2. The monoisotopic (exact) mass is 486 g/mol. The third-order valence-electron chi connectivity index (χ3n) is 5.27. The largest absolute Gasteiger partial charge is 0.338 e. The van der Waals surface area contributed by atoms with E-state index in [-0.39, 0.29) is 5.91 Å². The average Bonchev–Trinajstić information content (AvgIpc) is 3.27. The number of nitrogens with one attached hydrogen (secondary N) is 1. The number of nitrogens with zero attached hydrogens (tertiary/aromatic N) is 3. The zero-order valence-electron chi connectivity index (χ0n) is 19.5. The molecule has 178 valence electrons. The minimum atomic E-state index is -3.33. The lowest BCUT2D eigenvalue weighted by Gasteiger charge is -2.15. The molecule has 0 fully saturated rings. The summed E-state index contributed by atoms with van der Waals surface area (Å²) in [6, 6.07) is 26.6. The summed E-state index contributed by atoms with van der Waals surface area (Å²) < 4.78 is 26.9. The maximum atomic E-state index is 12.8. The van der Waals surface area contributed by atoms with Gasteiger partial charge in [-0.05, 0) is 35.9 Å². The van der Waals surface area contributed by atoms with Crippen LogP contribution in [0.5, 0.6) is 0 Å². The van der Waals surface area contributed by atoms with Gasteiger partial charge in [0.2, 0.25) is 15.9 Å². The summed E-state index contributed by atoms with van der Waals surface area (Å²) in [5.41, 5.74) is 4.94. The summed E-state index contributed by atoms with van der Waals surface area (Å²) in [6.45, 7) is 0.386. The van der Waals surface area contributed by atoms with E-state index in [9.17, 15) is 13.2 Å². The minimum absolute atomic E-state index is 0.158. The van der Waals surface area contributed by atoms with E-state index >= 15 is 0 Å². The Balaban J connectivity index is 1.51. The second-order valence-corrected chi connectivity index (χ2v) is 9.92. The molecule has 0 aliphatic carbocycles. The van der Waals surface area contributed by atoms with Crippen molar-refractivity contribution in [2.24, 2.45) is 0 Å². The van der Waals surface area contributed by atoms with Crippen molar-refractivity contribution < 1.29 is 13.2 Å². The van der Waals surface area contributed by atoms with Crippen LogP contribution in [0.2, 0.25) is 0 Å². The van der Waals surface area contributed by atoms with Crippen LogP contribution in [0.15, 0.2) is 97.2 Å². The Labute approximate surface area is 205 Å². The van der Waals surface area contributed by atoms with Crippen molar-refractivity contribution in [2.45, 2.75) is 6.54 Å². The van der Waals surface area contributed by atoms with Gasteiger partial charge in [0.15, 0.2) is 0 Å². The number of rotatable bonds is 8. The summed E-state index contributed by atoms with van der Waals surface area (Å²) >= 11 is 0. The van der Waals surface area contributed by atoms with Crippen molar-refractivity contribution in [3.05, 3.63) is 108 Å². The zero-order valence-corrected chi connectivity index (χ0v) is 20.3. The lowest BCUT2D eigenvalue weighted by molar-refractivity contribution is -0.125. The van der Waals surface area contributed by atoms with Crippen molar-refractivity contribution in [2.75, 3.05) is 18.0 Å². The number of benzene rings is 3. The lowest BCUT2D eigenvalue weighted by atomic mass is 10.1. The van der Waals surface area contributed by atoms with Gasteiger partial charge in [0.25, 0.3) is 0 Å². The molecule has 3 aromatic carbocycles. The summed E-state index contributed by atoms with van der Waals surface area (Å²) in [5.74, 6) is -0.158. The van der Waals surface area contributed by atoms with Gasteiger partial charge in [-0.2, -0.15) is 5.10 Å². The molecule has 0 saturated carbocycles. The van der Waals surface area contributed by atoms with E-state index in [0.29, 0.717) is 12.2 Å². The van der Waals surface area contributed by atoms with Crippen LogP contribution in [0.25, 0.3) is 23.0 Å². The first-order valence-electron chi connectivity index (χ1n) is 11.0. The molecule has 0 aliphatic rings. The molecule has 1 aromatic heterocycles. The van der Waals surface area contributed by atoms with Gasteiger partial charge in [-0.1, -0.05) is 60.7 Å². The van der Waals surface area contributed by atoms with Crippen molar-refractivity contribution in [1.29, 1.82) is 0 Å². The number of hydrogen-bond acceptors (Lipinski definition) is 4. The minimum Gasteiger partial charge on any atom is -0.338 e. The highest BCUT2D eigenvalue weighted by Gasteiger charge is 2.15. The molecule has 1 N–H and O–H groups in total. The van der Waals surface area contributed by atoms with Crippen LogP contribution in [0, 0.1) is 0 Å². The van der Waals surface area contributed by atoms with Crippen LogP contribution in [0.4, 0.5) is 5.69 Å². The van der Waals surface area contributed by atoms with Crippen LogP contribution in [0.3, 0.4) is 0 Å². The van der Waals surface area contributed by atoms with Crippen LogP contribution in [0.1, 0.15) is 11.1 Å². The Kier molecular flexibility index (Phi) is 7.12. The topological polar surface area (TPSA) is 84.3 Å². The van der Waals surface area contributed by atoms with Crippen molar-refractivity contribution in [3.63, 3.8) is 0 Å². The predicted molar refractivity (Wildman–Crippen MR) is 139 cm³/mol. The van der Waals surface area contributed by atoms with Gasteiger partial charge in [-0.3, -0.25) is 9.52 Å². The number of carbonyl (C=O) groups is 1. The third-order valence-corrected chi connectivity index (χ3v) is 5.88. The summed E-state index contributed by atoms with van der Waals surface area (Å²) in [6.07, 6.45) is 6.26. The molecular weight excluding hydrogens is 460 g/mol. The van der Waals surface area contributed by atoms with Crippen LogP contribution < -0.4 is 4.72 Å². The predicted octanol–water partition coefficient (Wildman–Crippen LogP) is 4.58. The normalized spacial score (nSPS) is 11.5. The van der Waals surface area contributed by atoms with Crippen LogP contribution in [-0.2, 0) is 21.4 Å². The highest BCUT2D eigenvalue weighted by Crippen LogP contribution is 2.25. The molecule has 0 saturated heterocycles. The fourth-order valence-electron chi connectivity index (χ4n) is 3.58. The first-order valence-corrected chi connectivity index (χ1v) is 12.9. The van der Waals surface area contributed by atoms with Gasteiger partial charge in [-0.25, -0.2) is 13.1 Å². The van der Waals surface area contributed by atoms with E-state index in [1.165, 1.54) is 6.08 Å². The molecule has 1 amide bonds. The van der Waals surface area contributed by atoms with E-state index in [4.69, 9.17) is 5.10 Å². The molecule has 0 radical (unpaired) electrons. The fourth-order valence-corrected chi connectivity index (χ4v) is 4.15. The Hall–Kier alpha value is -4.17. The third kappa shape index (κ3) is 6.45. The molecule has 8 heteroatoms. The van der Waals surface area contributed by atoms with Gasteiger partial charge < -0.3 is 4.90 Å². The molecule has 0 atom stereocenters. The van der Waals surface area contributed by atoms with E-state index in [0.717, 1.165) is 34.3 Å². The Bertz CT molecular complexity index is 1430. The van der Waals surface area contributed by atoms with Crippen molar-refractivity contribution >= 4 is 27.7 Å². The molecule has 1 heterocycles. The Morgan fingerprint density at radius 3 is 2.23 bits per heavy atom. The van der Waals surface area contributed by atoms with Gasteiger partial charge in [0.05, 0.1) is 17.6 Å². The molecule has 7 nitrogen and oxygen atoms in total. The van der Waals surface area contributed by atoms with Crippen LogP contribution in [-0.4, -0.2) is 42.3 Å². The Morgan fingerprint density at radius 1 is 0.971 bits per heavy atom. The standard InChI is InChI=1S/C27H26N4O3S/c1-30(26(32)18-15-21-13-16-24(17-14-21)29-35(2,33)34)19-23-20-31(25-11-7-4-8-12-25)28-27(23)22-9-5-3-6-10-22/h3-18,20,29H,19H2,1-2H3/b18-15+. The average molecular weight is 487 g/mol. The lowest BCUT2D eigenvalue weighted by Crippen LogP contribution is -2.24. The molecule has 0 spiro atoms. The number of hydrogen-bond donors (Lipinski definition) is 1. The summed E-state index contributed by atoms with van der Waals surface area (Å²) in [4.78, 5) is 14.5. The quantitative estimate of drug-likeness (QED) is 0.370. The molecule has 4 rings (SSSR count). The molecular formula is C27H26N4O3S. The second-order valence-electron chi connectivity index (χ2n) is 8.17. The molecule has 4 aromatic rings. The van der Waals surface area contributed by atoms with Gasteiger partial charge in [0, 0.05) is 42.7 Å². The number of amides is 1. The van der Waals surface area contributed by atoms with Gasteiger partial charge in [-0.15, -0.1) is 0 Å². The molecule has 0 unspecified atom stereocenters. The summed E-state index contributed by atoms with van der Waals surface area (Å²) in [7, 11) is -1.58. The second kappa shape index (κ2) is 10.4. The van der Waals surface area contributed by atoms with E-state index in [2.05, 4.69) is 4.72 Å². The number of anilines is 1. The van der Waals surface area contributed by atoms with E-state index in [1.54, 1.807) is 42.3 Å². The molecule has 0 bridgehead atoms. The number of likely N-dealkylation sites (N-methyl/N-ethyl adjacent to an activating group) is 1. The maximum Gasteiger partial charge on any atom is 0.246 e. The van der Waals surface area contributed by atoms with E-state index in [1.807, 2.05) is 71.5 Å². The number of carbonyl (C=O) groups excluding carboxylic acids is 1. The number of sulfonamides is 1. The smallest absolute Gasteiger partial charge is 0.246 e. The maximum absolute atomic E-state index is 12.8. The zero-order chi connectivity index (χ0) is 24.8. The van der Waals surface area contributed by atoms with Gasteiger partial charge in [0.1, 0.15) is 0 Å². The SMILES string of the molecule is CN(Cc1cn(-c2ccccc2)nc1-c1ccccc1)C(=O)/C=C/c1ccc(NS(C)(=O)=O)cc1.